The number of carbonyl (C=O) groups excluding carboxylic acids is 2. The van der Waals surface area contributed by atoms with E-state index in [1.54, 1.807) is 18.3 Å². The molecule has 4 rings (SSSR count). The first-order chi connectivity index (χ1) is 13.4. The van der Waals surface area contributed by atoms with Crippen LogP contribution < -0.4 is 5.32 Å². The van der Waals surface area contributed by atoms with Crippen LogP contribution in [0.3, 0.4) is 0 Å². The van der Waals surface area contributed by atoms with Crippen molar-refractivity contribution in [3.8, 4) is 11.3 Å². The topological polar surface area (TPSA) is 125 Å². The van der Waals surface area contributed by atoms with Gasteiger partial charge in [0.2, 0.25) is 5.91 Å². The first-order valence-corrected chi connectivity index (χ1v) is 10.7. The number of nitrogens with zero attached hydrogens (tertiary/aromatic N) is 3. The molecule has 1 fully saturated rings. The van der Waals surface area contributed by atoms with Crippen molar-refractivity contribution in [2.75, 3.05) is 16.8 Å². The molecule has 0 bridgehead atoms. The number of aromatic amines is 1. The summed E-state index contributed by atoms with van der Waals surface area (Å²) in [7, 11) is -3.15. The molecule has 9 nitrogen and oxygen atoms in total. The second-order valence-corrected chi connectivity index (χ2v) is 9.08. The summed E-state index contributed by atoms with van der Waals surface area (Å²) in [5.74, 6) is -0.720. The lowest BCUT2D eigenvalue weighted by Crippen LogP contribution is -2.42. The fraction of sp³-hybridized carbons (Fsp3) is 0.333. The van der Waals surface area contributed by atoms with E-state index in [1.807, 2.05) is 18.2 Å². The second-order valence-electron chi connectivity index (χ2n) is 6.85. The summed E-state index contributed by atoms with van der Waals surface area (Å²) in [6.45, 7) is 0. The average molecular weight is 401 g/mol. The summed E-state index contributed by atoms with van der Waals surface area (Å²) in [4.78, 5) is 24.8. The first kappa shape index (κ1) is 18.4. The number of rotatable bonds is 4. The van der Waals surface area contributed by atoms with Crippen LogP contribution in [0.15, 0.2) is 41.6 Å². The standard InChI is InChI=1S/C18H19N5O4S/c24-17-5-4-16(22-23(17)14-7-9-28(26,27)11-14)18(25)20-13-3-1-2-12(10-13)15-6-8-19-21-15/h1-3,6,8,10,14H,4-5,7,9,11H2,(H,19,21)(H,20,25). The van der Waals surface area contributed by atoms with Crippen LogP contribution in [0.2, 0.25) is 0 Å². The van der Waals surface area contributed by atoms with Crippen LogP contribution in [-0.2, 0) is 19.4 Å². The summed E-state index contributed by atoms with van der Waals surface area (Å²) >= 11 is 0. The maximum absolute atomic E-state index is 12.6. The van der Waals surface area contributed by atoms with Crippen molar-refractivity contribution in [3.05, 3.63) is 36.5 Å². The maximum Gasteiger partial charge on any atom is 0.271 e. The highest BCUT2D eigenvalue weighted by Gasteiger charge is 2.37. The van der Waals surface area contributed by atoms with Gasteiger partial charge < -0.3 is 5.32 Å². The molecule has 3 heterocycles. The first-order valence-electron chi connectivity index (χ1n) is 8.92. The van der Waals surface area contributed by atoms with E-state index < -0.39 is 21.8 Å². The third-order valence-corrected chi connectivity index (χ3v) is 6.56. The number of hydrogen-bond donors (Lipinski definition) is 2. The third kappa shape index (κ3) is 3.81. The molecule has 1 saturated heterocycles. The average Bonchev–Trinajstić information content (AvgIpc) is 3.32. The Kier molecular flexibility index (Phi) is 4.71. The van der Waals surface area contributed by atoms with Crippen LogP contribution in [0.4, 0.5) is 5.69 Å². The molecule has 1 unspecified atom stereocenters. The molecule has 146 valence electrons. The quantitative estimate of drug-likeness (QED) is 0.796. The minimum absolute atomic E-state index is 0.0406. The summed E-state index contributed by atoms with van der Waals surface area (Å²) in [5, 5.41) is 14.9. The Morgan fingerprint density at radius 3 is 2.82 bits per heavy atom. The van der Waals surface area contributed by atoms with Crippen molar-refractivity contribution in [1.29, 1.82) is 0 Å². The number of carbonyl (C=O) groups is 2. The number of amides is 2. The molecule has 1 atom stereocenters. The largest absolute Gasteiger partial charge is 0.321 e. The number of H-pyrrole nitrogens is 1. The Morgan fingerprint density at radius 1 is 1.25 bits per heavy atom. The normalized spacial score (nSPS) is 21.4. The molecule has 0 radical (unpaired) electrons. The Labute approximate surface area is 161 Å². The smallest absolute Gasteiger partial charge is 0.271 e. The number of nitrogens with one attached hydrogen (secondary N) is 2. The van der Waals surface area contributed by atoms with Crippen molar-refractivity contribution in [3.63, 3.8) is 0 Å². The van der Waals surface area contributed by atoms with Crippen molar-refractivity contribution < 1.29 is 18.0 Å². The maximum atomic E-state index is 12.6. The fourth-order valence-corrected chi connectivity index (χ4v) is 5.06. The number of sulfone groups is 1. The molecular formula is C18H19N5O4S. The van der Waals surface area contributed by atoms with E-state index in [9.17, 15) is 18.0 Å². The minimum Gasteiger partial charge on any atom is -0.321 e. The molecule has 0 aliphatic carbocycles. The predicted octanol–water partition coefficient (Wildman–Crippen LogP) is 1.18. The van der Waals surface area contributed by atoms with Gasteiger partial charge in [-0.2, -0.15) is 10.2 Å². The van der Waals surface area contributed by atoms with Gasteiger partial charge in [-0.25, -0.2) is 13.4 Å². The van der Waals surface area contributed by atoms with Crippen LogP contribution in [0.1, 0.15) is 19.3 Å². The van der Waals surface area contributed by atoms with Gasteiger partial charge in [0, 0.05) is 30.3 Å². The van der Waals surface area contributed by atoms with Gasteiger partial charge in [-0.15, -0.1) is 0 Å². The van der Waals surface area contributed by atoms with Gasteiger partial charge in [-0.05, 0) is 24.6 Å². The van der Waals surface area contributed by atoms with Crippen molar-refractivity contribution in [2.24, 2.45) is 5.10 Å². The highest BCUT2D eigenvalue weighted by molar-refractivity contribution is 7.91. The van der Waals surface area contributed by atoms with Gasteiger partial charge in [-0.1, -0.05) is 12.1 Å². The molecular weight excluding hydrogens is 382 g/mol. The molecule has 2 aromatic rings. The fourth-order valence-electron chi connectivity index (χ4n) is 3.37. The Hall–Kier alpha value is -3.01. The van der Waals surface area contributed by atoms with E-state index in [2.05, 4.69) is 20.6 Å². The molecule has 1 aromatic carbocycles. The number of hydrogen-bond acceptors (Lipinski definition) is 6. The lowest BCUT2D eigenvalue weighted by atomic mass is 10.1. The van der Waals surface area contributed by atoms with Gasteiger partial charge in [0.1, 0.15) is 5.71 Å². The summed E-state index contributed by atoms with van der Waals surface area (Å²) in [6.07, 6.45) is 2.35. The van der Waals surface area contributed by atoms with E-state index in [4.69, 9.17) is 0 Å². The van der Waals surface area contributed by atoms with Gasteiger partial charge in [0.05, 0.1) is 23.2 Å². The molecule has 28 heavy (non-hydrogen) atoms. The molecule has 2 aliphatic rings. The lowest BCUT2D eigenvalue weighted by Gasteiger charge is -2.27. The van der Waals surface area contributed by atoms with Crippen molar-refractivity contribution >= 4 is 33.1 Å². The zero-order valence-electron chi connectivity index (χ0n) is 15.0. The molecule has 0 spiro atoms. The summed E-state index contributed by atoms with van der Waals surface area (Å²) < 4.78 is 23.4. The third-order valence-electron chi connectivity index (χ3n) is 4.81. The molecule has 0 saturated carbocycles. The van der Waals surface area contributed by atoms with E-state index in [0.717, 1.165) is 11.3 Å². The van der Waals surface area contributed by atoms with Crippen molar-refractivity contribution in [2.45, 2.75) is 25.3 Å². The van der Waals surface area contributed by atoms with Crippen LogP contribution in [-0.4, -0.2) is 58.7 Å². The Bertz CT molecular complexity index is 1050. The van der Waals surface area contributed by atoms with Crippen LogP contribution in [0.25, 0.3) is 11.3 Å². The predicted molar refractivity (Wildman–Crippen MR) is 103 cm³/mol. The summed E-state index contributed by atoms with van der Waals surface area (Å²) in [5.41, 5.74) is 2.50. The molecule has 2 aliphatic heterocycles. The molecule has 1 aromatic heterocycles. The highest BCUT2D eigenvalue weighted by atomic mass is 32.2. The van der Waals surface area contributed by atoms with E-state index in [0.29, 0.717) is 12.1 Å². The molecule has 2 N–H and O–H groups in total. The number of anilines is 1. The van der Waals surface area contributed by atoms with Gasteiger partial charge in [-0.3, -0.25) is 14.7 Å². The van der Waals surface area contributed by atoms with Gasteiger partial charge in [0.15, 0.2) is 9.84 Å². The monoisotopic (exact) mass is 401 g/mol. The Balaban J connectivity index is 1.51. The zero-order chi connectivity index (χ0) is 19.7. The zero-order valence-corrected chi connectivity index (χ0v) is 15.8. The molecule has 10 heteroatoms. The SMILES string of the molecule is O=C(Nc1cccc(-c2ccn[nH]2)c1)C1=NN(C2CCS(=O)(=O)C2)C(=O)CC1. The summed E-state index contributed by atoms with van der Waals surface area (Å²) in [6, 6.07) is 8.60. The second kappa shape index (κ2) is 7.19. The van der Waals surface area contributed by atoms with Crippen LogP contribution in [0.5, 0.6) is 0 Å². The van der Waals surface area contributed by atoms with Gasteiger partial charge in [0.25, 0.3) is 5.91 Å². The van der Waals surface area contributed by atoms with Crippen molar-refractivity contribution in [1.82, 2.24) is 15.2 Å². The number of hydrazone groups is 1. The minimum atomic E-state index is -3.15. The number of benzene rings is 1. The molecule has 2 amide bonds. The van der Waals surface area contributed by atoms with Crippen LogP contribution >= 0.6 is 0 Å². The van der Waals surface area contributed by atoms with E-state index in [-0.39, 0.29) is 36.0 Å². The number of aromatic nitrogens is 2. The Morgan fingerprint density at radius 2 is 2.11 bits per heavy atom. The van der Waals surface area contributed by atoms with E-state index in [1.165, 1.54) is 5.01 Å². The van der Waals surface area contributed by atoms with Crippen LogP contribution in [0, 0.1) is 0 Å². The lowest BCUT2D eigenvalue weighted by molar-refractivity contribution is -0.133. The van der Waals surface area contributed by atoms with Gasteiger partial charge >= 0.3 is 0 Å². The highest BCUT2D eigenvalue weighted by Crippen LogP contribution is 2.23. The van der Waals surface area contributed by atoms with E-state index >= 15 is 0 Å².